The number of hydrogen-bond acceptors (Lipinski definition) is 2. The Bertz CT molecular complexity index is 345. The van der Waals surface area contributed by atoms with Crippen molar-refractivity contribution >= 4 is 5.97 Å². The standard InChI is InChI=1S/C11H15NO2/c1-7(2)6-9-4-5-10(11(13)14)12-8(9)3/h4-5,7H,6H2,1-3H3,(H,13,14). The minimum atomic E-state index is -0.968. The van der Waals surface area contributed by atoms with Crippen molar-refractivity contribution in [2.75, 3.05) is 0 Å². The van der Waals surface area contributed by atoms with Crippen molar-refractivity contribution < 1.29 is 9.90 Å². The summed E-state index contributed by atoms with van der Waals surface area (Å²) < 4.78 is 0. The molecule has 76 valence electrons. The van der Waals surface area contributed by atoms with Gasteiger partial charge in [0.05, 0.1) is 0 Å². The molecule has 1 aromatic rings. The van der Waals surface area contributed by atoms with Crippen molar-refractivity contribution in [1.29, 1.82) is 0 Å². The van der Waals surface area contributed by atoms with Gasteiger partial charge in [0.15, 0.2) is 0 Å². The van der Waals surface area contributed by atoms with E-state index in [4.69, 9.17) is 5.11 Å². The van der Waals surface area contributed by atoms with Crippen molar-refractivity contribution in [3.63, 3.8) is 0 Å². The quantitative estimate of drug-likeness (QED) is 0.801. The predicted octanol–water partition coefficient (Wildman–Crippen LogP) is 2.29. The highest BCUT2D eigenvalue weighted by atomic mass is 16.4. The summed E-state index contributed by atoms with van der Waals surface area (Å²) in [5.74, 6) is -0.407. The Labute approximate surface area is 83.8 Å². The van der Waals surface area contributed by atoms with Gasteiger partial charge in [0, 0.05) is 5.69 Å². The van der Waals surface area contributed by atoms with Gasteiger partial charge in [0.1, 0.15) is 5.69 Å². The van der Waals surface area contributed by atoms with Crippen molar-refractivity contribution in [3.8, 4) is 0 Å². The van der Waals surface area contributed by atoms with E-state index in [9.17, 15) is 4.79 Å². The third kappa shape index (κ3) is 2.55. The summed E-state index contributed by atoms with van der Waals surface area (Å²) in [5, 5.41) is 8.72. The van der Waals surface area contributed by atoms with E-state index in [-0.39, 0.29) is 5.69 Å². The molecule has 0 aliphatic carbocycles. The van der Waals surface area contributed by atoms with Crippen LogP contribution in [0.4, 0.5) is 0 Å². The highest BCUT2D eigenvalue weighted by molar-refractivity contribution is 5.85. The number of aryl methyl sites for hydroxylation is 1. The van der Waals surface area contributed by atoms with Gasteiger partial charge in [-0.05, 0) is 30.9 Å². The van der Waals surface area contributed by atoms with Crippen LogP contribution in [-0.2, 0) is 6.42 Å². The van der Waals surface area contributed by atoms with E-state index in [2.05, 4.69) is 18.8 Å². The van der Waals surface area contributed by atoms with E-state index in [1.54, 1.807) is 6.07 Å². The molecule has 3 nitrogen and oxygen atoms in total. The van der Waals surface area contributed by atoms with Crippen molar-refractivity contribution in [1.82, 2.24) is 4.98 Å². The fourth-order valence-electron chi connectivity index (χ4n) is 1.36. The maximum atomic E-state index is 10.6. The van der Waals surface area contributed by atoms with E-state index in [1.807, 2.05) is 13.0 Å². The van der Waals surface area contributed by atoms with Gasteiger partial charge in [-0.1, -0.05) is 19.9 Å². The molecule has 0 radical (unpaired) electrons. The van der Waals surface area contributed by atoms with Crippen molar-refractivity contribution in [2.45, 2.75) is 27.2 Å². The lowest BCUT2D eigenvalue weighted by Gasteiger charge is -2.08. The number of carboxylic acids is 1. The monoisotopic (exact) mass is 193 g/mol. The molecular weight excluding hydrogens is 178 g/mol. The predicted molar refractivity (Wildman–Crippen MR) is 54.5 cm³/mol. The highest BCUT2D eigenvalue weighted by Crippen LogP contribution is 2.12. The van der Waals surface area contributed by atoms with Gasteiger partial charge in [0.25, 0.3) is 0 Å². The van der Waals surface area contributed by atoms with Crippen LogP contribution in [0.25, 0.3) is 0 Å². The first-order valence-electron chi connectivity index (χ1n) is 4.70. The van der Waals surface area contributed by atoms with Crippen LogP contribution >= 0.6 is 0 Å². The molecule has 0 unspecified atom stereocenters. The maximum absolute atomic E-state index is 10.6. The largest absolute Gasteiger partial charge is 0.477 e. The molecule has 0 fully saturated rings. The lowest BCUT2D eigenvalue weighted by Crippen LogP contribution is -2.05. The first-order chi connectivity index (χ1) is 6.50. The Morgan fingerprint density at radius 1 is 1.50 bits per heavy atom. The van der Waals surface area contributed by atoms with Crippen LogP contribution in [0.3, 0.4) is 0 Å². The molecule has 0 bridgehead atoms. The highest BCUT2D eigenvalue weighted by Gasteiger charge is 2.08. The number of pyridine rings is 1. The van der Waals surface area contributed by atoms with E-state index in [0.717, 1.165) is 17.7 Å². The minimum Gasteiger partial charge on any atom is -0.477 e. The fourth-order valence-corrected chi connectivity index (χ4v) is 1.36. The van der Waals surface area contributed by atoms with Crippen LogP contribution in [-0.4, -0.2) is 16.1 Å². The minimum absolute atomic E-state index is 0.120. The molecule has 1 N–H and O–H groups in total. The summed E-state index contributed by atoms with van der Waals surface area (Å²) in [4.78, 5) is 14.7. The number of nitrogens with zero attached hydrogens (tertiary/aromatic N) is 1. The average molecular weight is 193 g/mol. The average Bonchev–Trinajstić information content (AvgIpc) is 2.07. The molecule has 0 saturated carbocycles. The third-order valence-corrected chi connectivity index (χ3v) is 2.04. The smallest absolute Gasteiger partial charge is 0.354 e. The van der Waals surface area contributed by atoms with Gasteiger partial charge in [-0.2, -0.15) is 0 Å². The molecule has 0 aliphatic heterocycles. The first kappa shape index (κ1) is 10.7. The van der Waals surface area contributed by atoms with Gasteiger partial charge in [0.2, 0.25) is 0 Å². The van der Waals surface area contributed by atoms with Crippen molar-refractivity contribution in [2.24, 2.45) is 5.92 Å². The molecule has 0 atom stereocenters. The molecule has 0 aliphatic rings. The number of hydrogen-bond donors (Lipinski definition) is 1. The number of carboxylic acid groups (broad SMARTS) is 1. The zero-order chi connectivity index (χ0) is 10.7. The second-order valence-electron chi connectivity index (χ2n) is 3.84. The second-order valence-corrected chi connectivity index (χ2v) is 3.84. The van der Waals surface area contributed by atoms with Crippen LogP contribution in [0.2, 0.25) is 0 Å². The molecule has 0 spiro atoms. The molecule has 1 heterocycles. The van der Waals surface area contributed by atoms with Gasteiger partial charge in [-0.3, -0.25) is 0 Å². The molecule has 0 saturated heterocycles. The van der Waals surface area contributed by atoms with Crippen LogP contribution in [0.1, 0.15) is 35.6 Å². The van der Waals surface area contributed by atoms with Gasteiger partial charge < -0.3 is 5.11 Å². The fraction of sp³-hybridized carbons (Fsp3) is 0.455. The summed E-state index contributed by atoms with van der Waals surface area (Å²) >= 11 is 0. The van der Waals surface area contributed by atoms with Crippen LogP contribution in [0.15, 0.2) is 12.1 Å². The van der Waals surface area contributed by atoms with E-state index in [0.29, 0.717) is 5.92 Å². The van der Waals surface area contributed by atoms with Crippen LogP contribution in [0.5, 0.6) is 0 Å². The molecule has 0 aromatic carbocycles. The molecular formula is C11H15NO2. The molecule has 1 aromatic heterocycles. The molecule has 14 heavy (non-hydrogen) atoms. The first-order valence-corrected chi connectivity index (χ1v) is 4.70. The second kappa shape index (κ2) is 4.22. The van der Waals surface area contributed by atoms with E-state index >= 15 is 0 Å². The molecule has 3 heteroatoms. The summed E-state index contributed by atoms with van der Waals surface area (Å²) in [6, 6.07) is 3.42. The number of rotatable bonds is 3. The van der Waals surface area contributed by atoms with Crippen LogP contribution < -0.4 is 0 Å². The Balaban J connectivity index is 2.95. The lowest BCUT2D eigenvalue weighted by atomic mass is 10.0. The van der Waals surface area contributed by atoms with E-state index in [1.165, 1.54) is 0 Å². The number of carbonyl (C=O) groups is 1. The van der Waals surface area contributed by atoms with Crippen LogP contribution in [0, 0.1) is 12.8 Å². The van der Waals surface area contributed by atoms with Gasteiger partial charge in [-0.25, -0.2) is 9.78 Å². The SMILES string of the molecule is Cc1nc(C(=O)O)ccc1CC(C)C. The lowest BCUT2D eigenvalue weighted by molar-refractivity contribution is 0.0690. The maximum Gasteiger partial charge on any atom is 0.354 e. The summed E-state index contributed by atoms with van der Waals surface area (Å²) in [7, 11) is 0. The third-order valence-electron chi connectivity index (χ3n) is 2.04. The van der Waals surface area contributed by atoms with Gasteiger partial charge in [-0.15, -0.1) is 0 Å². The Morgan fingerprint density at radius 2 is 2.14 bits per heavy atom. The van der Waals surface area contributed by atoms with Gasteiger partial charge >= 0.3 is 5.97 Å². The zero-order valence-electron chi connectivity index (χ0n) is 8.74. The Hall–Kier alpha value is -1.38. The Kier molecular flexibility index (Phi) is 3.23. The Morgan fingerprint density at radius 3 is 2.57 bits per heavy atom. The van der Waals surface area contributed by atoms with Crippen molar-refractivity contribution in [3.05, 3.63) is 29.1 Å². The summed E-state index contributed by atoms with van der Waals surface area (Å²) in [6.45, 7) is 6.11. The normalized spacial score (nSPS) is 10.6. The molecule has 1 rings (SSSR count). The van der Waals surface area contributed by atoms with E-state index < -0.39 is 5.97 Å². The summed E-state index contributed by atoms with van der Waals surface area (Å²) in [6.07, 6.45) is 0.943. The number of aromatic carboxylic acids is 1. The topological polar surface area (TPSA) is 50.2 Å². The summed E-state index contributed by atoms with van der Waals surface area (Å²) in [5.41, 5.74) is 2.07. The zero-order valence-corrected chi connectivity index (χ0v) is 8.74. The number of aromatic nitrogens is 1. The molecule has 0 amide bonds.